The molecule has 0 N–H and O–H groups in total. The zero-order valence-corrected chi connectivity index (χ0v) is 13.5. The fourth-order valence-corrected chi connectivity index (χ4v) is 3.44. The number of unbranched alkanes of at least 4 members (excludes halogenated alkanes) is 5. The van der Waals surface area contributed by atoms with Crippen LogP contribution in [0.25, 0.3) is 0 Å². The summed E-state index contributed by atoms with van der Waals surface area (Å²) in [5.74, 6) is 0. The lowest BCUT2D eigenvalue weighted by atomic mass is 10.0. The zero-order valence-electron chi connectivity index (χ0n) is 12.7. The van der Waals surface area contributed by atoms with Gasteiger partial charge in [-0.05, 0) is 38.5 Å². The van der Waals surface area contributed by atoms with E-state index in [9.17, 15) is 0 Å². The van der Waals surface area contributed by atoms with Crippen LogP contribution < -0.4 is 12.4 Å². The Hall–Kier alpha value is 0.250. The van der Waals surface area contributed by atoms with Gasteiger partial charge in [-0.15, -0.1) is 0 Å². The smallest absolute Gasteiger partial charge is 0.0786 e. The molecule has 1 aliphatic rings. The molecule has 0 aromatic rings. The predicted octanol–water partition coefficient (Wildman–Crippen LogP) is 1.76. The van der Waals surface area contributed by atoms with Crippen molar-refractivity contribution in [2.75, 3.05) is 26.2 Å². The van der Waals surface area contributed by atoms with Crippen molar-refractivity contribution < 1.29 is 16.9 Å². The molecule has 1 rings (SSSR count). The van der Waals surface area contributed by atoms with Crippen LogP contribution in [0.3, 0.4) is 0 Å². The molecule has 0 unspecified atom stereocenters. The van der Waals surface area contributed by atoms with Crippen LogP contribution in [-0.2, 0) is 0 Å². The van der Waals surface area contributed by atoms with Gasteiger partial charge in [0.1, 0.15) is 0 Å². The van der Waals surface area contributed by atoms with E-state index in [4.69, 9.17) is 0 Å². The molecule has 0 aliphatic carbocycles. The van der Waals surface area contributed by atoms with Crippen LogP contribution in [0.4, 0.5) is 0 Å². The summed E-state index contributed by atoms with van der Waals surface area (Å²) >= 11 is 0. The van der Waals surface area contributed by atoms with E-state index in [1.54, 1.807) is 0 Å². The summed E-state index contributed by atoms with van der Waals surface area (Å²) in [4.78, 5) is 0. The number of quaternary nitrogens is 1. The Bertz CT molecular complexity index is 170. The first-order chi connectivity index (χ1) is 8.33. The summed E-state index contributed by atoms with van der Waals surface area (Å²) in [6.45, 7) is 10.5. The third kappa shape index (κ3) is 6.99. The van der Waals surface area contributed by atoms with Crippen LogP contribution in [0.5, 0.6) is 0 Å². The molecule has 0 aromatic carbocycles. The first kappa shape index (κ1) is 18.2. The van der Waals surface area contributed by atoms with Gasteiger partial charge in [0, 0.05) is 0 Å². The lowest BCUT2D eigenvalue weighted by Gasteiger charge is -2.41. The van der Waals surface area contributed by atoms with Crippen LogP contribution in [-0.4, -0.2) is 30.7 Å². The topological polar surface area (TPSA) is 0 Å². The maximum absolute atomic E-state index is 2.36. The van der Waals surface area contributed by atoms with Crippen LogP contribution in [0.2, 0.25) is 0 Å². The quantitative estimate of drug-likeness (QED) is 0.444. The highest BCUT2D eigenvalue weighted by atomic mass is 35.5. The second kappa shape index (κ2) is 11.1. The molecule has 0 saturated carbocycles. The molecule has 1 aliphatic heterocycles. The van der Waals surface area contributed by atoms with Crippen LogP contribution >= 0.6 is 0 Å². The van der Waals surface area contributed by atoms with Gasteiger partial charge in [-0.3, -0.25) is 0 Å². The number of likely N-dealkylation sites (tertiary alicyclic amines) is 1. The minimum Gasteiger partial charge on any atom is -1.00 e. The third-order valence-corrected chi connectivity index (χ3v) is 4.45. The summed E-state index contributed by atoms with van der Waals surface area (Å²) < 4.78 is 1.46. The van der Waals surface area contributed by atoms with Crippen molar-refractivity contribution in [2.45, 2.75) is 78.1 Å². The molecule has 0 aromatic heterocycles. The number of piperidine rings is 1. The predicted molar refractivity (Wildman–Crippen MR) is 77.2 cm³/mol. The summed E-state index contributed by atoms with van der Waals surface area (Å²) in [5, 5.41) is 0. The van der Waals surface area contributed by atoms with Gasteiger partial charge in [-0.1, -0.05) is 39.5 Å². The monoisotopic (exact) mass is 275 g/mol. The Morgan fingerprint density at radius 1 is 0.667 bits per heavy atom. The molecule has 1 fully saturated rings. The van der Waals surface area contributed by atoms with Gasteiger partial charge in [0.15, 0.2) is 0 Å². The normalized spacial score (nSPS) is 18.3. The SMILES string of the molecule is CCCCCCCC[N+]1(CCC)CCCCC1.[Cl-]. The second-order valence-corrected chi connectivity index (χ2v) is 6.06. The van der Waals surface area contributed by atoms with Gasteiger partial charge in [0.2, 0.25) is 0 Å². The number of rotatable bonds is 9. The number of halogens is 1. The van der Waals surface area contributed by atoms with Crippen LogP contribution in [0.1, 0.15) is 78.1 Å². The molecule has 18 heavy (non-hydrogen) atoms. The molecular formula is C16H34ClN. The van der Waals surface area contributed by atoms with E-state index >= 15 is 0 Å². The Morgan fingerprint density at radius 2 is 1.28 bits per heavy atom. The second-order valence-electron chi connectivity index (χ2n) is 6.06. The third-order valence-electron chi connectivity index (χ3n) is 4.45. The molecule has 0 spiro atoms. The van der Waals surface area contributed by atoms with E-state index in [1.807, 2.05) is 0 Å². The lowest BCUT2D eigenvalue weighted by Crippen LogP contribution is -3.00. The Kier molecular flexibility index (Phi) is 11.3. The molecule has 2 heteroatoms. The van der Waals surface area contributed by atoms with Gasteiger partial charge in [0.25, 0.3) is 0 Å². The summed E-state index contributed by atoms with van der Waals surface area (Å²) in [7, 11) is 0. The van der Waals surface area contributed by atoms with Crippen molar-refractivity contribution in [3.8, 4) is 0 Å². The molecule has 0 radical (unpaired) electrons. The molecule has 1 saturated heterocycles. The van der Waals surface area contributed by atoms with Gasteiger partial charge in [0.05, 0.1) is 26.2 Å². The minimum absolute atomic E-state index is 0. The molecule has 1 heterocycles. The van der Waals surface area contributed by atoms with Crippen LogP contribution in [0.15, 0.2) is 0 Å². The van der Waals surface area contributed by atoms with E-state index in [1.165, 1.54) is 94.9 Å². The van der Waals surface area contributed by atoms with Gasteiger partial charge >= 0.3 is 0 Å². The van der Waals surface area contributed by atoms with Crippen molar-refractivity contribution in [3.63, 3.8) is 0 Å². The molecule has 110 valence electrons. The fraction of sp³-hybridized carbons (Fsp3) is 1.00. The average Bonchev–Trinajstić information content (AvgIpc) is 2.35. The van der Waals surface area contributed by atoms with Crippen LogP contribution in [0, 0.1) is 0 Å². The summed E-state index contributed by atoms with van der Waals surface area (Å²) in [6.07, 6.45) is 14.5. The highest BCUT2D eigenvalue weighted by Crippen LogP contribution is 2.21. The molecule has 0 bridgehead atoms. The van der Waals surface area contributed by atoms with E-state index in [-0.39, 0.29) is 12.4 Å². The number of hydrogen-bond donors (Lipinski definition) is 0. The van der Waals surface area contributed by atoms with Gasteiger partial charge in [-0.2, -0.15) is 0 Å². The van der Waals surface area contributed by atoms with Crippen molar-refractivity contribution >= 4 is 0 Å². The van der Waals surface area contributed by atoms with E-state index in [0.717, 1.165) is 0 Å². The first-order valence-corrected chi connectivity index (χ1v) is 8.18. The average molecular weight is 276 g/mol. The van der Waals surface area contributed by atoms with Crippen molar-refractivity contribution in [2.24, 2.45) is 0 Å². The first-order valence-electron chi connectivity index (χ1n) is 8.18. The highest BCUT2D eigenvalue weighted by molar-refractivity contribution is 4.55. The Balaban J connectivity index is 0.00000289. The maximum atomic E-state index is 2.36. The maximum Gasteiger partial charge on any atom is 0.0786 e. The molecule has 0 atom stereocenters. The molecular weight excluding hydrogens is 242 g/mol. The van der Waals surface area contributed by atoms with Crippen molar-refractivity contribution in [3.05, 3.63) is 0 Å². The largest absolute Gasteiger partial charge is 1.00 e. The minimum atomic E-state index is 0. The van der Waals surface area contributed by atoms with E-state index in [0.29, 0.717) is 0 Å². The number of nitrogens with zero attached hydrogens (tertiary/aromatic N) is 1. The summed E-state index contributed by atoms with van der Waals surface area (Å²) in [5.41, 5.74) is 0. The summed E-state index contributed by atoms with van der Waals surface area (Å²) in [6, 6.07) is 0. The fourth-order valence-electron chi connectivity index (χ4n) is 3.44. The lowest BCUT2D eigenvalue weighted by molar-refractivity contribution is -0.932. The van der Waals surface area contributed by atoms with Crippen molar-refractivity contribution in [1.82, 2.24) is 0 Å². The van der Waals surface area contributed by atoms with E-state index < -0.39 is 0 Å². The standard InChI is InChI=1S/C16H34N.ClH/c1-3-5-6-7-8-10-14-17(13-4-2)15-11-9-12-16-17;/h3-16H2,1-2H3;1H/q+1;/p-1. The highest BCUT2D eigenvalue weighted by Gasteiger charge is 2.27. The Labute approximate surface area is 121 Å². The van der Waals surface area contributed by atoms with Gasteiger partial charge < -0.3 is 16.9 Å². The molecule has 0 amide bonds. The van der Waals surface area contributed by atoms with Crippen molar-refractivity contribution in [1.29, 1.82) is 0 Å². The zero-order chi connectivity index (χ0) is 12.4. The van der Waals surface area contributed by atoms with Gasteiger partial charge in [-0.25, -0.2) is 0 Å². The van der Waals surface area contributed by atoms with E-state index in [2.05, 4.69) is 13.8 Å². The number of hydrogen-bond acceptors (Lipinski definition) is 0. The Morgan fingerprint density at radius 3 is 1.89 bits per heavy atom. The molecule has 1 nitrogen and oxygen atoms in total.